The van der Waals surface area contributed by atoms with Gasteiger partial charge in [-0.25, -0.2) is 0 Å². The van der Waals surface area contributed by atoms with Gasteiger partial charge in [-0.2, -0.15) is 0 Å². The van der Waals surface area contributed by atoms with E-state index in [9.17, 15) is 4.79 Å². The van der Waals surface area contributed by atoms with Crippen molar-refractivity contribution in [2.45, 2.75) is 12.8 Å². The predicted molar refractivity (Wildman–Crippen MR) is 54.9 cm³/mol. The molecule has 0 amide bonds. The molecule has 0 aliphatic carbocycles. The molecule has 0 unspecified atom stereocenters. The second-order valence-corrected chi connectivity index (χ2v) is 3.36. The minimum absolute atomic E-state index is 0.116. The third kappa shape index (κ3) is 2.56. The molecule has 0 saturated carbocycles. The van der Waals surface area contributed by atoms with E-state index >= 15 is 0 Å². The van der Waals surface area contributed by atoms with Crippen LogP contribution in [0.15, 0.2) is 18.2 Å². The lowest BCUT2D eigenvalue weighted by atomic mass is 10.3. The van der Waals surface area contributed by atoms with Crippen LogP contribution in [0, 0.1) is 0 Å². The van der Waals surface area contributed by atoms with Crippen molar-refractivity contribution < 1.29 is 24.1 Å². The van der Waals surface area contributed by atoms with Gasteiger partial charge < -0.3 is 19.3 Å². The summed E-state index contributed by atoms with van der Waals surface area (Å²) in [6.45, 7) is 0.615. The third-order valence-corrected chi connectivity index (χ3v) is 2.15. The molecule has 1 aromatic rings. The van der Waals surface area contributed by atoms with Gasteiger partial charge in [0.25, 0.3) is 0 Å². The van der Waals surface area contributed by atoms with E-state index in [1.807, 2.05) is 0 Å². The molecular formula is C11H12O5. The monoisotopic (exact) mass is 224 g/mol. The van der Waals surface area contributed by atoms with Gasteiger partial charge in [-0.3, -0.25) is 4.79 Å². The van der Waals surface area contributed by atoms with Crippen molar-refractivity contribution in [2.75, 3.05) is 13.4 Å². The molecule has 5 heteroatoms. The normalized spacial score (nSPS) is 12.5. The Labute approximate surface area is 92.5 Å². The molecule has 1 N–H and O–H groups in total. The first-order valence-corrected chi connectivity index (χ1v) is 5.00. The maximum absolute atomic E-state index is 10.3. The largest absolute Gasteiger partial charge is 0.493 e. The zero-order chi connectivity index (χ0) is 11.4. The molecule has 1 aliphatic rings. The molecular weight excluding hydrogens is 212 g/mol. The first-order valence-electron chi connectivity index (χ1n) is 5.00. The van der Waals surface area contributed by atoms with Crippen LogP contribution in [-0.4, -0.2) is 24.5 Å². The van der Waals surface area contributed by atoms with E-state index in [0.717, 1.165) is 0 Å². The molecule has 0 aromatic heterocycles. The highest BCUT2D eigenvalue weighted by molar-refractivity contribution is 5.66. The molecule has 2 rings (SSSR count). The van der Waals surface area contributed by atoms with Crippen LogP contribution in [-0.2, 0) is 4.79 Å². The van der Waals surface area contributed by atoms with Crippen LogP contribution in [0.1, 0.15) is 12.8 Å². The minimum atomic E-state index is -0.811. The molecule has 5 nitrogen and oxygen atoms in total. The molecule has 0 spiro atoms. The van der Waals surface area contributed by atoms with E-state index in [2.05, 4.69) is 0 Å². The van der Waals surface area contributed by atoms with Crippen molar-refractivity contribution in [3.8, 4) is 17.2 Å². The number of carbonyl (C=O) groups is 1. The fourth-order valence-corrected chi connectivity index (χ4v) is 1.38. The number of hydrogen-bond acceptors (Lipinski definition) is 4. The molecule has 1 aliphatic heterocycles. The van der Waals surface area contributed by atoms with Crippen LogP contribution in [0.2, 0.25) is 0 Å². The van der Waals surface area contributed by atoms with Crippen LogP contribution in [0.3, 0.4) is 0 Å². The Morgan fingerprint density at radius 2 is 2.19 bits per heavy atom. The summed E-state index contributed by atoms with van der Waals surface area (Å²) in [5.41, 5.74) is 0. The topological polar surface area (TPSA) is 65.0 Å². The highest BCUT2D eigenvalue weighted by Crippen LogP contribution is 2.35. The van der Waals surface area contributed by atoms with Crippen LogP contribution >= 0.6 is 0 Å². The first-order chi connectivity index (χ1) is 7.75. The number of carboxylic acid groups (broad SMARTS) is 1. The van der Waals surface area contributed by atoms with E-state index in [1.165, 1.54) is 0 Å². The minimum Gasteiger partial charge on any atom is -0.493 e. The fraction of sp³-hybridized carbons (Fsp3) is 0.364. The summed E-state index contributed by atoms with van der Waals surface area (Å²) in [6.07, 6.45) is 0.605. The van der Waals surface area contributed by atoms with Gasteiger partial charge in [0.1, 0.15) is 5.75 Å². The number of aliphatic carboxylic acids is 1. The molecule has 0 fully saturated rings. The molecule has 1 heterocycles. The standard InChI is InChI=1S/C11H12O5/c12-11(13)2-1-5-14-8-3-4-9-10(6-8)16-7-15-9/h3-4,6H,1-2,5,7H2,(H,12,13). The summed E-state index contributed by atoms with van der Waals surface area (Å²) in [5, 5.41) is 8.45. The summed E-state index contributed by atoms with van der Waals surface area (Å²) < 4.78 is 15.7. The number of rotatable bonds is 5. The quantitative estimate of drug-likeness (QED) is 0.770. The molecule has 1 aromatic carbocycles. The van der Waals surface area contributed by atoms with E-state index in [-0.39, 0.29) is 13.2 Å². The lowest BCUT2D eigenvalue weighted by molar-refractivity contribution is -0.137. The second-order valence-electron chi connectivity index (χ2n) is 3.36. The van der Waals surface area contributed by atoms with Gasteiger partial charge >= 0.3 is 5.97 Å². The highest BCUT2D eigenvalue weighted by atomic mass is 16.7. The van der Waals surface area contributed by atoms with E-state index in [0.29, 0.717) is 30.3 Å². The third-order valence-electron chi connectivity index (χ3n) is 2.15. The van der Waals surface area contributed by atoms with Crippen molar-refractivity contribution in [3.63, 3.8) is 0 Å². The summed E-state index contributed by atoms with van der Waals surface area (Å²) in [4.78, 5) is 10.3. The maximum atomic E-state index is 10.3. The van der Waals surface area contributed by atoms with E-state index in [1.54, 1.807) is 18.2 Å². The van der Waals surface area contributed by atoms with Gasteiger partial charge in [-0.15, -0.1) is 0 Å². The van der Waals surface area contributed by atoms with E-state index in [4.69, 9.17) is 19.3 Å². The van der Waals surface area contributed by atoms with Crippen LogP contribution < -0.4 is 14.2 Å². The molecule has 0 saturated heterocycles. The van der Waals surface area contributed by atoms with Crippen LogP contribution in [0.4, 0.5) is 0 Å². The average molecular weight is 224 g/mol. The molecule has 86 valence electrons. The molecule has 16 heavy (non-hydrogen) atoms. The van der Waals surface area contributed by atoms with Gasteiger partial charge in [0.05, 0.1) is 6.61 Å². The van der Waals surface area contributed by atoms with Gasteiger partial charge in [0, 0.05) is 12.5 Å². The maximum Gasteiger partial charge on any atom is 0.303 e. The zero-order valence-electron chi connectivity index (χ0n) is 8.64. The van der Waals surface area contributed by atoms with Crippen molar-refractivity contribution in [1.29, 1.82) is 0 Å². The number of carboxylic acids is 1. The number of benzene rings is 1. The fourth-order valence-electron chi connectivity index (χ4n) is 1.38. The second kappa shape index (κ2) is 4.74. The Kier molecular flexibility index (Phi) is 3.14. The lowest BCUT2D eigenvalue weighted by Crippen LogP contribution is -2.01. The first kappa shape index (κ1) is 10.6. The van der Waals surface area contributed by atoms with Gasteiger partial charge in [-0.05, 0) is 18.6 Å². The van der Waals surface area contributed by atoms with Gasteiger partial charge in [0.15, 0.2) is 11.5 Å². The Hall–Kier alpha value is -1.91. The molecule has 0 bridgehead atoms. The van der Waals surface area contributed by atoms with Crippen molar-refractivity contribution in [2.24, 2.45) is 0 Å². The van der Waals surface area contributed by atoms with Crippen molar-refractivity contribution in [3.05, 3.63) is 18.2 Å². The number of fused-ring (bicyclic) bond motifs is 1. The Morgan fingerprint density at radius 1 is 1.38 bits per heavy atom. The number of hydrogen-bond donors (Lipinski definition) is 1. The summed E-state index contributed by atoms with van der Waals surface area (Å²) in [6, 6.07) is 5.28. The number of ether oxygens (including phenoxy) is 3. The Bertz CT molecular complexity index is 388. The smallest absolute Gasteiger partial charge is 0.303 e. The Balaban J connectivity index is 1.83. The van der Waals surface area contributed by atoms with Crippen molar-refractivity contribution >= 4 is 5.97 Å². The van der Waals surface area contributed by atoms with E-state index < -0.39 is 5.97 Å². The Morgan fingerprint density at radius 3 is 3.00 bits per heavy atom. The molecule has 0 atom stereocenters. The molecule has 0 radical (unpaired) electrons. The van der Waals surface area contributed by atoms with Crippen LogP contribution in [0.25, 0.3) is 0 Å². The predicted octanol–water partition coefficient (Wildman–Crippen LogP) is 1.66. The summed E-state index contributed by atoms with van der Waals surface area (Å²) >= 11 is 0. The van der Waals surface area contributed by atoms with Crippen LogP contribution in [0.5, 0.6) is 17.2 Å². The summed E-state index contributed by atoms with van der Waals surface area (Å²) in [7, 11) is 0. The summed E-state index contributed by atoms with van der Waals surface area (Å²) in [5.74, 6) is 1.22. The van der Waals surface area contributed by atoms with Gasteiger partial charge in [-0.1, -0.05) is 0 Å². The SMILES string of the molecule is O=C(O)CCCOc1ccc2c(c1)OCO2. The average Bonchev–Trinajstić information content (AvgIpc) is 2.71. The lowest BCUT2D eigenvalue weighted by Gasteiger charge is -2.05. The van der Waals surface area contributed by atoms with Gasteiger partial charge in [0.2, 0.25) is 6.79 Å². The van der Waals surface area contributed by atoms with Crippen molar-refractivity contribution in [1.82, 2.24) is 0 Å². The zero-order valence-corrected chi connectivity index (χ0v) is 8.64. The highest BCUT2D eigenvalue weighted by Gasteiger charge is 2.13.